The van der Waals surface area contributed by atoms with Crippen LogP contribution >= 0.6 is 0 Å². The highest BCUT2D eigenvalue weighted by Crippen LogP contribution is 2.14. The van der Waals surface area contributed by atoms with E-state index in [-0.39, 0.29) is 0 Å². The van der Waals surface area contributed by atoms with E-state index in [9.17, 15) is 0 Å². The van der Waals surface area contributed by atoms with Gasteiger partial charge in [-0.1, -0.05) is 12.1 Å². The van der Waals surface area contributed by atoms with Crippen molar-refractivity contribution in [3.63, 3.8) is 0 Å². The Morgan fingerprint density at radius 3 is 2.12 bits per heavy atom. The minimum atomic E-state index is 0.598. The number of rotatable bonds is 10. The van der Waals surface area contributed by atoms with Gasteiger partial charge in [-0.15, -0.1) is 0 Å². The summed E-state index contributed by atoms with van der Waals surface area (Å²) in [5.74, 6) is 2.77. The molecule has 0 aliphatic carbocycles. The number of nitrogens with zero attached hydrogens (tertiary/aromatic N) is 4. The fourth-order valence-electron chi connectivity index (χ4n) is 2.44. The summed E-state index contributed by atoms with van der Waals surface area (Å²) >= 11 is 0. The van der Waals surface area contributed by atoms with Gasteiger partial charge in [0, 0.05) is 26.2 Å². The molecule has 7 nitrogen and oxygen atoms in total. The summed E-state index contributed by atoms with van der Waals surface area (Å²) < 4.78 is 5.18. The monoisotopic (exact) mass is 344 g/mol. The fourth-order valence-corrected chi connectivity index (χ4v) is 2.44. The molecular formula is C18H28N6O. The van der Waals surface area contributed by atoms with Crippen LogP contribution in [0.3, 0.4) is 0 Å². The number of methoxy groups -OCH3 is 1. The molecule has 1 aromatic carbocycles. The second-order valence-corrected chi connectivity index (χ2v) is 5.51. The Kier molecular flexibility index (Phi) is 7.25. The average Bonchev–Trinajstić information content (AvgIpc) is 2.63. The first-order chi connectivity index (χ1) is 12.2. The largest absolute Gasteiger partial charge is 0.497 e. The molecule has 0 aliphatic heterocycles. The molecule has 2 aromatic rings. The summed E-state index contributed by atoms with van der Waals surface area (Å²) in [4.78, 5) is 15.6. The maximum atomic E-state index is 5.18. The summed E-state index contributed by atoms with van der Waals surface area (Å²) in [6, 6.07) is 8.08. The third kappa shape index (κ3) is 5.48. The van der Waals surface area contributed by atoms with Crippen LogP contribution in [0.15, 0.2) is 24.3 Å². The molecular weight excluding hydrogens is 316 g/mol. The molecule has 0 radical (unpaired) electrons. The van der Waals surface area contributed by atoms with Crippen LogP contribution in [0.25, 0.3) is 0 Å². The number of hydrogen-bond acceptors (Lipinski definition) is 7. The van der Waals surface area contributed by atoms with Crippen molar-refractivity contribution in [2.24, 2.45) is 0 Å². The lowest BCUT2D eigenvalue weighted by Gasteiger charge is -2.19. The van der Waals surface area contributed by atoms with Crippen molar-refractivity contribution < 1.29 is 4.74 Å². The highest BCUT2D eigenvalue weighted by Gasteiger charge is 2.10. The molecule has 0 atom stereocenters. The van der Waals surface area contributed by atoms with Gasteiger partial charge in [0.15, 0.2) is 0 Å². The highest BCUT2D eigenvalue weighted by atomic mass is 16.5. The van der Waals surface area contributed by atoms with E-state index < -0.39 is 0 Å². The SMILES string of the molecule is CCNc1nc(NCCc2ccc(OC)cc2)nc(N(CC)CC)n1. The molecule has 0 fully saturated rings. The van der Waals surface area contributed by atoms with Crippen LogP contribution in [0.4, 0.5) is 17.8 Å². The van der Waals surface area contributed by atoms with Crippen molar-refractivity contribution in [1.82, 2.24) is 15.0 Å². The Hall–Kier alpha value is -2.57. The Labute approximate surface area is 149 Å². The quantitative estimate of drug-likeness (QED) is 0.686. The minimum absolute atomic E-state index is 0.598. The van der Waals surface area contributed by atoms with Gasteiger partial charge in [-0.3, -0.25) is 0 Å². The van der Waals surface area contributed by atoms with E-state index in [2.05, 4.69) is 56.5 Å². The maximum Gasteiger partial charge on any atom is 0.231 e. The molecule has 1 heterocycles. The Morgan fingerprint density at radius 1 is 0.920 bits per heavy atom. The van der Waals surface area contributed by atoms with Gasteiger partial charge in [0.25, 0.3) is 0 Å². The van der Waals surface area contributed by atoms with Crippen LogP contribution in [0.5, 0.6) is 5.75 Å². The van der Waals surface area contributed by atoms with Crippen LogP contribution in [0, 0.1) is 0 Å². The average molecular weight is 344 g/mol. The number of hydrogen-bond donors (Lipinski definition) is 2. The Bertz CT molecular complexity index is 643. The predicted octanol–water partition coefficient (Wildman–Crippen LogP) is 2.81. The van der Waals surface area contributed by atoms with Gasteiger partial charge in [-0.25, -0.2) is 0 Å². The third-order valence-electron chi connectivity index (χ3n) is 3.86. The van der Waals surface area contributed by atoms with E-state index in [4.69, 9.17) is 4.74 Å². The topological polar surface area (TPSA) is 75.2 Å². The summed E-state index contributed by atoms with van der Waals surface area (Å²) in [5.41, 5.74) is 1.23. The third-order valence-corrected chi connectivity index (χ3v) is 3.86. The number of ether oxygens (including phenoxy) is 1. The maximum absolute atomic E-state index is 5.18. The highest BCUT2D eigenvalue weighted by molar-refractivity contribution is 5.43. The molecule has 25 heavy (non-hydrogen) atoms. The molecule has 2 N–H and O–H groups in total. The van der Waals surface area contributed by atoms with Crippen molar-refractivity contribution in [1.29, 1.82) is 0 Å². The summed E-state index contributed by atoms with van der Waals surface area (Å²) in [5, 5.41) is 6.47. The van der Waals surface area contributed by atoms with Crippen molar-refractivity contribution in [2.45, 2.75) is 27.2 Å². The lowest BCUT2D eigenvalue weighted by atomic mass is 10.1. The second kappa shape index (κ2) is 9.66. The van der Waals surface area contributed by atoms with Crippen LogP contribution in [-0.2, 0) is 6.42 Å². The van der Waals surface area contributed by atoms with Crippen molar-refractivity contribution in [3.8, 4) is 5.75 Å². The zero-order valence-electron chi connectivity index (χ0n) is 15.5. The molecule has 0 saturated carbocycles. The van der Waals surface area contributed by atoms with Gasteiger partial charge in [-0.2, -0.15) is 15.0 Å². The van der Waals surface area contributed by atoms with Crippen molar-refractivity contribution >= 4 is 17.8 Å². The zero-order valence-corrected chi connectivity index (χ0v) is 15.5. The van der Waals surface area contributed by atoms with Gasteiger partial charge in [0.1, 0.15) is 5.75 Å². The molecule has 0 bridgehead atoms. The lowest BCUT2D eigenvalue weighted by Crippen LogP contribution is -2.25. The van der Waals surface area contributed by atoms with Crippen LogP contribution in [-0.4, -0.2) is 48.2 Å². The van der Waals surface area contributed by atoms with Crippen LogP contribution in [0.1, 0.15) is 26.3 Å². The van der Waals surface area contributed by atoms with E-state index in [1.54, 1.807) is 7.11 Å². The molecule has 0 spiro atoms. The zero-order chi connectivity index (χ0) is 18.1. The fraction of sp³-hybridized carbons (Fsp3) is 0.500. The molecule has 7 heteroatoms. The van der Waals surface area contributed by atoms with E-state index in [1.807, 2.05) is 19.1 Å². The first-order valence-corrected chi connectivity index (χ1v) is 8.81. The number of nitrogens with one attached hydrogen (secondary N) is 2. The summed E-state index contributed by atoms with van der Waals surface area (Å²) in [6.45, 7) is 9.45. The number of aromatic nitrogens is 3. The Balaban J connectivity index is 2.03. The van der Waals surface area contributed by atoms with E-state index >= 15 is 0 Å². The van der Waals surface area contributed by atoms with Crippen LogP contribution in [0.2, 0.25) is 0 Å². The molecule has 0 saturated heterocycles. The van der Waals surface area contributed by atoms with Gasteiger partial charge in [0.05, 0.1) is 7.11 Å². The first-order valence-electron chi connectivity index (χ1n) is 8.81. The van der Waals surface area contributed by atoms with Crippen molar-refractivity contribution in [3.05, 3.63) is 29.8 Å². The Morgan fingerprint density at radius 2 is 1.56 bits per heavy atom. The van der Waals surface area contributed by atoms with E-state index in [1.165, 1.54) is 5.56 Å². The van der Waals surface area contributed by atoms with E-state index in [0.717, 1.165) is 38.3 Å². The van der Waals surface area contributed by atoms with Crippen molar-refractivity contribution in [2.75, 3.05) is 48.8 Å². The smallest absolute Gasteiger partial charge is 0.231 e. The van der Waals surface area contributed by atoms with Gasteiger partial charge in [-0.05, 0) is 44.9 Å². The molecule has 0 unspecified atom stereocenters. The molecule has 136 valence electrons. The number of benzene rings is 1. The van der Waals surface area contributed by atoms with Gasteiger partial charge >= 0.3 is 0 Å². The van der Waals surface area contributed by atoms with Gasteiger partial charge in [0.2, 0.25) is 17.8 Å². The lowest BCUT2D eigenvalue weighted by molar-refractivity contribution is 0.414. The molecule has 2 rings (SSSR count). The second-order valence-electron chi connectivity index (χ2n) is 5.51. The standard InChI is InChI=1S/C18H28N6O/c1-5-19-16-21-17(23-18(22-16)24(6-2)7-3)20-13-12-14-8-10-15(25-4)11-9-14/h8-11H,5-7,12-13H2,1-4H3,(H2,19,20,21,22,23). The minimum Gasteiger partial charge on any atom is -0.497 e. The number of anilines is 3. The van der Waals surface area contributed by atoms with Crippen LogP contribution < -0.4 is 20.3 Å². The molecule has 1 aromatic heterocycles. The molecule has 0 aliphatic rings. The normalized spacial score (nSPS) is 10.4. The molecule has 0 amide bonds. The predicted molar refractivity (Wildman–Crippen MR) is 103 cm³/mol. The first kappa shape index (κ1) is 18.8. The van der Waals surface area contributed by atoms with E-state index in [0.29, 0.717) is 17.8 Å². The summed E-state index contributed by atoms with van der Waals surface area (Å²) in [7, 11) is 1.67. The van der Waals surface area contributed by atoms with Gasteiger partial charge < -0.3 is 20.3 Å². The summed E-state index contributed by atoms with van der Waals surface area (Å²) in [6.07, 6.45) is 0.882.